The van der Waals surface area contributed by atoms with Gasteiger partial charge in [-0.25, -0.2) is 14.0 Å². The number of esters is 1. The first kappa shape index (κ1) is 19.2. The van der Waals surface area contributed by atoms with Gasteiger partial charge in [0, 0.05) is 6.42 Å². The molecule has 1 saturated heterocycles. The molecule has 5 nitrogen and oxygen atoms in total. The van der Waals surface area contributed by atoms with Gasteiger partial charge in [-0.15, -0.1) is 0 Å². The molecule has 138 valence electrons. The molecule has 0 radical (unpaired) electrons. The van der Waals surface area contributed by atoms with E-state index >= 15 is 0 Å². The number of amides is 1. The Labute approximate surface area is 148 Å². The first-order valence-electron chi connectivity index (χ1n) is 8.60. The molecule has 1 aliphatic heterocycles. The van der Waals surface area contributed by atoms with Gasteiger partial charge in [0.15, 0.2) is 0 Å². The Morgan fingerprint density at radius 3 is 2.56 bits per heavy atom. The molecule has 2 rings (SSSR count). The number of hydrogen-bond donors (Lipinski definition) is 0. The quantitative estimate of drug-likeness (QED) is 0.602. The summed E-state index contributed by atoms with van der Waals surface area (Å²) in [6, 6.07) is 8.97. The lowest BCUT2D eigenvalue weighted by molar-refractivity contribution is -0.148. The van der Waals surface area contributed by atoms with Gasteiger partial charge in [-0.1, -0.05) is 30.3 Å². The van der Waals surface area contributed by atoms with Gasteiger partial charge in [0.2, 0.25) is 0 Å². The maximum atomic E-state index is 13.7. The van der Waals surface area contributed by atoms with Crippen LogP contribution < -0.4 is 0 Å². The van der Waals surface area contributed by atoms with E-state index in [4.69, 9.17) is 9.47 Å². The Morgan fingerprint density at radius 1 is 1.24 bits per heavy atom. The smallest absolute Gasteiger partial charge is 0.411 e. The molecule has 1 aromatic rings. The van der Waals surface area contributed by atoms with Crippen LogP contribution >= 0.6 is 0 Å². The van der Waals surface area contributed by atoms with Gasteiger partial charge in [0.05, 0.1) is 13.2 Å². The Balaban J connectivity index is 1.83. The largest absolute Gasteiger partial charge is 0.464 e. The standard InChI is InChI=1S/C19H26FNO4/c1-19(2,3)25-18(23)21-13-15(20)12-16(21)17(22)24-11-7-10-14-8-5-4-6-9-14/h4-6,8-9,15-16H,7,10-13H2,1-3H3/t15-,16?/m1/s1. The summed E-state index contributed by atoms with van der Waals surface area (Å²) in [6.07, 6.45) is -0.501. The van der Waals surface area contributed by atoms with E-state index in [1.807, 2.05) is 30.3 Å². The van der Waals surface area contributed by atoms with Crippen molar-refractivity contribution < 1.29 is 23.5 Å². The predicted molar refractivity (Wildman–Crippen MR) is 92.0 cm³/mol. The number of likely N-dealkylation sites (tertiary alicyclic amines) is 1. The number of hydrogen-bond acceptors (Lipinski definition) is 4. The second-order valence-corrected chi connectivity index (χ2v) is 7.24. The Kier molecular flexibility index (Phi) is 6.39. The van der Waals surface area contributed by atoms with Crippen LogP contribution in [-0.2, 0) is 20.7 Å². The van der Waals surface area contributed by atoms with Gasteiger partial charge < -0.3 is 9.47 Å². The van der Waals surface area contributed by atoms with Crippen LogP contribution in [0.4, 0.5) is 9.18 Å². The van der Waals surface area contributed by atoms with E-state index in [1.54, 1.807) is 20.8 Å². The Morgan fingerprint density at radius 2 is 1.92 bits per heavy atom. The fraction of sp³-hybridized carbons (Fsp3) is 0.579. The number of aryl methyl sites for hydroxylation is 1. The minimum Gasteiger partial charge on any atom is -0.464 e. The zero-order valence-corrected chi connectivity index (χ0v) is 15.0. The topological polar surface area (TPSA) is 55.8 Å². The average Bonchev–Trinajstić information content (AvgIpc) is 2.93. The van der Waals surface area contributed by atoms with E-state index in [0.29, 0.717) is 6.42 Å². The molecule has 1 amide bonds. The average molecular weight is 351 g/mol. The third kappa shape index (κ3) is 6.03. The molecule has 0 N–H and O–H groups in total. The monoisotopic (exact) mass is 351 g/mol. The second kappa shape index (κ2) is 8.32. The molecule has 25 heavy (non-hydrogen) atoms. The van der Waals surface area contributed by atoms with Gasteiger partial charge >= 0.3 is 12.1 Å². The van der Waals surface area contributed by atoms with Crippen molar-refractivity contribution in [1.82, 2.24) is 4.90 Å². The third-order valence-corrected chi connectivity index (χ3v) is 3.85. The highest BCUT2D eigenvalue weighted by Crippen LogP contribution is 2.24. The maximum absolute atomic E-state index is 13.7. The van der Waals surface area contributed by atoms with Gasteiger partial charge in [-0.05, 0) is 39.2 Å². The third-order valence-electron chi connectivity index (χ3n) is 3.85. The Bertz CT molecular complexity index is 585. The van der Waals surface area contributed by atoms with Crippen molar-refractivity contribution in [1.29, 1.82) is 0 Å². The molecule has 0 spiro atoms. The molecular formula is C19H26FNO4. The summed E-state index contributed by atoms with van der Waals surface area (Å²) < 4.78 is 24.2. The highest BCUT2D eigenvalue weighted by molar-refractivity contribution is 5.82. The zero-order chi connectivity index (χ0) is 18.4. The number of rotatable bonds is 5. The van der Waals surface area contributed by atoms with Crippen LogP contribution in [0.5, 0.6) is 0 Å². The second-order valence-electron chi connectivity index (χ2n) is 7.24. The van der Waals surface area contributed by atoms with Crippen molar-refractivity contribution in [2.24, 2.45) is 0 Å². The zero-order valence-electron chi connectivity index (χ0n) is 15.0. The van der Waals surface area contributed by atoms with Crippen LogP contribution in [0.15, 0.2) is 30.3 Å². The van der Waals surface area contributed by atoms with Gasteiger partial charge in [0.1, 0.15) is 17.8 Å². The molecule has 2 atom stereocenters. The van der Waals surface area contributed by atoms with Gasteiger partial charge in [-0.3, -0.25) is 4.90 Å². The molecule has 0 aliphatic carbocycles. The van der Waals surface area contributed by atoms with Crippen LogP contribution in [0.1, 0.15) is 39.2 Å². The molecule has 1 aromatic carbocycles. The van der Waals surface area contributed by atoms with Gasteiger partial charge in [0.25, 0.3) is 0 Å². The lowest BCUT2D eigenvalue weighted by atomic mass is 10.1. The van der Waals surface area contributed by atoms with Crippen molar-refractivity contribution >= 4 is 12.1 Å². The van der Waals surface area contributed by atoms with Crippen LogP contribution in [0.3, 0.4) is 0 Å². The van der Waals surface area contributed by atoms with Crippen molar-refractivity contribution in [2.45, 2.75) is 57.8 Å². The van der Waals surface area contributed by atoms with Crippen molar-refractivity contribution in [3.63, 3.8) is 0 Å². The Hall–Kier alpha value is -2.11. The van der Waals surface area contributed by atoms with Crippen LogP contribution in [0.25, 0.3) is 0 Å². The first-order valence-corrected chi connectivity index (χ1v) is 8.60. The lowest BCUT2D eigenvalue weighted by Gasteiger charge is -2.27. The minimum atomic E-state index is -1.24. The fourth-order valence-electron chi connectivity index (χ4n) is 2.72. The summed E-state index contributed by atoms with van der Waals surface area (Å²) in [6.45, 7) is 5.28. The molecule has 0 aromatic heterocycles. The molecule has 0 saturated carbocycles. The number of carbonyl (C=O) groups is 2. The summed E-state index contributed by atoms with van der Waals surface area (Å²) in [5.74, 6) is -0.570. The van der Waals surface area contributed by atoms with E-state index < -0.39 is 29.9 Å². The van der Waals surface area contributed by atoms with Crippen LogP contribution in [0, 0.1) is 0 Å². The van der Waals surface area contributed by atoms with Crippen molar-refractivity contribution in [2.75, 3.05) is 13.2 Å². The predicted octanol–water partition coefficient (Wildman–Crippen LogP) is 3.51. The van der Waals surface area contributed by atoms with Crippen molar-refractivity contribution in [3.05, 3.63) is 35.9 Å². The molecule has 1 heterocycles. The van der Waals surface area contributed by atoms with E-state index in [9.17, 15) is 14.0 Å². The first-order chi connectivity index (χ1) is 11.8. The SMILES string of the molecule is CC(C)(C)OC(=O)N1C[C@H](F)CC1C(=O)OCCCc1ccccc1. The molecule has 6 heteroatoms. The molecular weight excluding hydrogens is 325 g/mol. The fourth-order valence-corrected chi connectivity index (χ4v) is 2.72. The lowest BCUT2D eigenvalue weighted by Crippen LogP contribution is -2.44. The van der Waals surface area contributed by atoms with E-state index in [1.165, 1.54) is 5.56 Å². The van der Waals surface area contributed by atoms with Crippen LogP contribution in [0.2, 0.25) is 0 Å². The van der Waals surface area contributed by atoms with E-state index in [2.05, 4.69) is 0 Å². The summed E-state index contributed by atoms with van der Waals surface area (Å²) in [5.41, 5.74) is 0.467. The number of carbonyl (C=O) groups excluding carboxylic acids is 2. The minimum absolute atomic E-state index is 0.0449. The van der Waals surface area contributed by atoms with E-state index in [0.717, 1.165) is 11.3 Å². The number of ether oxygens (including phenoxy) is 2. The number of alkyl halides is 1. The highest BCUT2D eigenvalue weighted by atomic mass is 19.1. The summed E-state index contributed by atoms with van der Waals surface area (Å²) in [7, 11) is 0. The number of halogens is 1. The van der Waals surface area contributed by atoms with Crippen molar-refractivity contribution in [3.8, 4) is 0 Å². The number of nitrogens with zero attached hydrogens (tertiary/aromatic N) is 1. The summed E-state index contributed by atoms with van der Waals surface area (Å²) in [5, 5.41) is 0. The summed E-state index contributed by atoms with van der Waals surface area (Å²) >= 11 is 0. The van der Waals surface area contributed by atoms with E-state index in [-0.39, 0.29) is 19.6 Å². The van der Waals surface area contributed by atoms with Crippen LogP contribution in [-0.4, -0.2) is 47.9 Å². The molecule has 1 aliphatic rings. The molecule has 0 bridgehead atoms. The maximum Gasteiger partial charge on any atom is 0.411 e. The molecule has 1 unspecified atom stereocenters. The highest BCUT2D eigenvalue weighted by Gasteiger charge is 2.42. The molecule has 1 fully saturated rings. The summed E-state index contributed by atoms with van der Waals surface area (Å²) in [4.78, 5) is 25.5. The number of benzene rings is 1. The normalized spacial score (nSPS) is 20.4. The van der Waals surface area contributed by atoms with Gasteiger partial charge in [-0.2, -0.15) is 0 Å².